The van der Waals surface area contributed by atoms with Crippen LogP contribution in [-0.2, 0) is 13.2 Å². The van der Waals surface area contributed by atoms with Crippen molar-refractivity contribution in [2.24, 2.45) is 12.9 Å². The monoisotopic (exact) mass is 366 g/mol. The molecule has 0 fully saturated rings. The van der Waals surface area contributed by atoms with Gasteiger partial charge >= 0.3 is 6.18 Å². The van der Waals surface area contributed by atoms with Gasteiger partial charge in [0.15, 0.2) is 0 Å². The van der Waals surface area contributed by atoms with Crippen LogP contribution in [0.3, 0.4) is 0 Å². The summed E-state index contributed by atoms with van der Waals surface area (Å²) in [7, 11) is 1.58. The minimum atomic E-state index is -4.77. The van der Waals surface area contributed by atoms with Gasteiger partial charge in [0.1, 0.15) is 5.82 Å². The summed E-state index contributed by atoms with van der Waals surface area (Å²) >= 11 is 3.21. The fraction of sp³-hybridized carbons (Fsp3) is 0.250. The maximum Gasteiger partial charge on any atom is 0.419 e. The standard InChI is InChI=1S/C12H11BrF4N4/c1-21-11(8(13)5-19-21)10(20-18)6-3-2-4-7(9(6)14)12(15,16)17/h2-5,10,20H,18H2,1H3. The number of hydrogen-bond donors (Lipinski definition) is 2. The molecule has 1 aromatic heterocycles. The number of benzene rings is 1. The summed E-state index contributed by atoms with van der Waals surface area (Å²) in [6.45, 7) is 0. The molecular weight excluding hydrogens is 356 g/mol. The molecule has 1 atom stereocenters. The second kappa shape index (κ2) is 5.74. The number of aryl methyl sites for hydroxylation is 1. The molecule has 114 valence electrons. The van der Waals surface area contributed by atoms with Crippen molar-refractivity contribution in [2.75, 3.05) is 0 Å². The van der Waals surface area contributed by atoms with Gasteiger partial charge in [0.2, 0.25) is 0 Å². The van der Waals surface area contributed by atoms with Crippen molar-refractivity contribution in [1.82, 2.24) is 15.2 Å². The van der Waals surface area contributed by atoms with Crippen LogP contribution in [0.1, 0.15) is 22.9 Å². The van der Waals surface area contributed by atoms with Crippen molar-refractivity contribution < 1.29 is 17.6 Å². The molecule has 1 unspecified atom stereocenters. The molecule has 1 aromatic carbocycles. The van der Waals surface area contributed by atoms with Crippen LogP contribution in [0.2, 0.25) is 0 Å². The molecule has 0 radical (unpaired) electrons. The minimum Gasteiger partial charge on any atom is -0.271 e. The van der Waals surface area contributed by atoms with Crippen LogP contribution in [-0.4, -0.2) is 9.78 Å². The van der Waals surface area contributed by atoms with E-state index < -0.39 is 23.6 Å². The highest BCUT2D eigenvalue weighted by atomic mass is 79.9. The lowest BCUT2D eigenvalue weighted by Crippen LogP contribution is -2.31. The van der Waals surface area contributed by atoms with E-state index in [1.807, 2.05) is 0 Å². The molecule has 4 nitrogen and oxygen atoms in total. The maximum atomic E-state index is 14.2. The highest BCUT2D eigenvalue weighted by molar-refractivity contribution is 9.10. The molecule has 2 rings (SSSR count). The van der Waals surface area contributed by atoms with Gasteiger partial charge < -0.3 is 0 Å². The van der Waals surface area contributed by atoms with Crippen LogP contribution in [0, 0.1) is 5.82 Å². The number of hydrazine groups is 1. The third-order valence-corrected chi connectivity index (χ3v) is 3.63. The molecule has 21 heavy (non-hydrogen) atoms. The van der Waals surface area contributed by atoms with Crippen molar-refractivity contribution in [3.05, 3.63) is 51.5 Å². The Balaban J connectivity index is 2.59. The quantitative estimate of drug-likeness (QED) is 0.498. The number of halogens is 5. The van der Waals surface area contributed by atoms with Crippen LogP contribution >= 0.6 is 15.9 Å². The topological polar surface area (TPSA) is 55.9 Å². The third kappa shape index (κ3) is 2.94. The van der Waals surface area contributed by atoms with Gasteiger partial charge in [-0.15, -0.1) is 0 Å². The number of alkyl halides is 3. The minimum absolute atomic E-state index is 0.211. The van der Waals surface area contributed by atoms with E-state index in [0.717, 1.165) is 6.07 Å². The summed E-state index contributed by atoms with van der Waals surface area (Å²) in [4.78, 5) is 0. The molecule has 0 aliphatic carbocycles. The molecule has 0 aliphatic rings. The fourth-order valence-corrected chi connectivity index (χ4v) is 2.63. The third-order valence-electron chi connectivity index (χ3n) is 3.02. The van der Waals surface area contributed by atoms with Crippen LogP contribution in [0.4, 0.5) is 17.6 Å². The smallest absolute Gasteiger partial charge is 0.271 e. The van der Waals surface area contributed by atoms with Gasteiger partial charge in [0.05, 0.1) is 28.0 Å². The van der Waals surface area contributed by atoms with Gasteiger partial charge in [-0.2, -0.15) is 18.3 Å². The molecule has 1 heterocycles. The Labute approximate surface area is 126 Å². The van der Waals surface area contributed by atoms with E-state index in [1.165, 1.54) is 16.9 Å². The van der Waals surface area contributed by atoms with Gasteiger partial charge in [0.25, 0.3) is 0 Å². The molecule has 0 aliphatic heterocycles. The van der Waals surface area contributed by atoms with Crippen LogP contribution in [0.15, 0.2) is 28.9 Å². The highest BCUT2D eigenvalue weighted by Crippen LogP contribution is 2.36. The number of aromatic nitrogens is 2. The van der Waals surface area contributed by atoms with Crippen molar-refractivity contribution in [3.8, 4) is 0 Å². The Kier molecular flexibility index (Phi) is 4.35. The van der Waals surface area contributed by atoms with E-state index in [4.69, 9.17) is 5.84 Å². The van der Waals surface area contributed by atoms with Gasteiger partial charge in [-0.25, -0.2) is 9.82 Å². The van der Waals surface area contributed by atoms with Crippen molar-refractivity contribution in [3.63, 3.8) is 0 Å². The Hall–Kier alpha value is -1.45. The first-order valence-electron chi connectivity index (χ1n) is 5.76. The number of nitrogens with one attached hydrogen (secondary N) is 1. The molecule has 9 heteroatoms. The van der Waals surface area contributed by atoms with Crippen LogP contribution < -0.4 is 11.3 Å². The highest BCUT2D eigenvalue weighted by Gasteiger charge is 2.36. The predicted octanol–water partition coefficient (Wildman–Crippen LogP) is 2.89. The molecule has 0 spiro atoms. The molecule has 0 amide bonds. The maximum absolute atomic E-state index is 14.2. The Bertz CT molecular complexity index is 634. The molecule has 0 bridgehead atoms. The molecular formula is C12H11BrF4N4. The first-order chi connectivity index (χ1) is 9.77. The zero-order valence-electron chi connectivity index (χ0n) is 10.7. The number of rotatable bonds is 3. The SMILES string of the molecule is Cn1ncc(Br)c1C(NN)c1cccc(C(F)(F)F)c1F. The Morgan fingerprint density at radius 1 is 1.38 bits per heavy atom. The summed E-state index contributed by atoms with van der Waals surface area (Å²) in [5.41, 5.74) is 1.19. The Morgan fingerprint density at radius 2 is 2.05 bits per heavy atom. The molecule has 3 N–H and O–H groups in total. The first-order valence-corrected chi connectivity index (χ1v) is 6.55. The van der Waals surface area contributed by atoms with Crippen molar-refractivity contribution in [2.45, 2.75) is 12.2 Å². The second-order valence-corrected chi connectivity index (χ2v) is 5.16. The normalized spacial score (nSPS) is 13.5. The number of hydrogen-bond acceptors (Lipinski definition) is 3. The van der Waals surface area contributed by atoms with E-state index >= 15 is 0 Å². The van der Waals surface area contributed by atoms with Gasteiger partial charge in [-0.1, -0.05) is 12.1 Å². The van der Waals surface area contributed by atoms with E-state index in [2.05, 4.69) is 26.5 Å². The predicted molar refractivity (Wildman–Crippen MR) is 71.5 cm³/mol. The van der Waals surface area contributed by atoms with E-state index in [9.17, 15) is 17.6 Å². The summed E-state index contributed by atoms with van der Waals surface area (Å²) in [5, 5.41) is 3.94. The van der Waals surface area contributed by atoms with Crippen molar-refractivity contribution >= 4 is 15.9 Å². The van der Waals surface area contributed by atoms with E-state index in [0.29, 0.717) is 16.2 Å². The lowest BCUT2D eigenvalue weighted by molar-refractivity contribution is -0.140. The summed E-state index contributed by atoms with van der Waals surface area (Å²) in [6, 6.07) is 2.09. The summed E-state index contributed by atoms with van der Waals surface area (Å²) < 4.78 is 54.4. The first kappa shape index (κ1) is 15.9. The van der Waals surface area contributed by atoms with Crippen LogP contribution in [0.5, 0.6) is 0 Å². The van der Waals surface area contributed by atoms with E-state index in [-0.39, 0.29) is 5.56 Å². The zero-order chi connectivity index (χ0) is 15.8. The lowest BCUT2D eigenvalue weighted by Gasteiger charge is -2.20. The van der Waals surface area contributed by atoms with Gasteiger partial charge in [-0.3, -0.25) is 10.5 Å². The van der Waals surface area contributed by atoms with Gasteiger partial charge in [0, 0.05) is 12.6 Å². The largest absolute Gasteiger partial charge is 0.419 e. The number of nitrogens with two attached hydrogens (primary N) is 1. The van der Waals surface area contributed by atoms with E-state index in [1.54, 1.807) is 7.05 Å². The second-order valence-electron chi connectivity index (χ2n) is 4.31. The van der Waals surface area contributed by atoms with Crippen molar-refractivity contribution in [1.29, 1.82) is 0 Å². The summed E-state index contributed by atoms with van der Waals surface area (Å²) in [6.07, 6.45) is -3.33. The van der Waals surface area contributed by atoms with Gasteiger partial charge in [-0.05, 0) is 22.0 Å². The van der Waals surface area contributed by atoms with Crippen LogP contribution in [0.25, 0.3) is 0 Å². The zero-order valence-corrected chi connectivity index (χ0v) is 12.3. The number of nitrogens with zero attached hydrogens (tertiary/aromatic N) is 2. The molecule has 2 aromatic rings. The fourth-order valence-electron chi connectivity index (χ4n) is 2.05. The average molecular weight is 367 g/mol. The average Bonchev–Trinajstić information content (AvgIpc) is 2.72. The molecule has 0 saturated carbocycles. The summed E-state index contributed by atoms with van der Waals surface area (Å²) in [5.74, 6) is 4.04. The Morgan fingerprint density at radius 3 is 2.52 bits per heavy atom. The molecule has 0 saturated heterocycles. The lowest BCUT2D eigenvalue weighted by atomic mass is 10.0.